The first-order chi connectivity index (χ1) is 12.9. The first-order valence-electron chi connectivity index (χ1n) is 8.69. The minimum absolute atomic E-state index is 0.0882. The molecule has 0 unspecified atom stereocenters. The summed E-state index contributed by atoms with van der Waals surface area (Å²) in [5.74, 6) is 0.493. The molecule has 8 heteroatoms. The summed E-state index contributed by atoms with van der Waals surface area (Å²) in [7, 11) is 0. The molecule has 0 aliphatic carbocycles. The van der Waals surface area contributed by atoms with Crippen LogP contribution in [0, 0.1) is 0 Å². The first kappa shape index (κ1) is 19.0. The number of rotatable bonds is 5. The summed E-state index contributed by atoms with van der Waals surface area (Å²) in [6, 6.07) is 11.2. The second-order valence-corrected chi connectivity index (χ2v) is 6.39. The second kappa shape index (κ2) is 8.28. The van der Waals surface area contributed by atoms with Gasteiger partial charge in [0.25, 0.3) is 0 Å². The van der Waals surface area contributed by atoms with E-state index in [-0.39, 0.29) is 24.1 Å². The number of ether oxygens (including phenoxy) is 1. The molecule has 3 rings (SSSR count). The van der Waals surface area contributed by atoms with Crippen LogP contribution in [0.15, 0.2) is 48.7 Å². The number of alkyl halides is 3. The third-order valence-corrected chi connectivity index (χ3v) is 4.35. The number of anilines is 1. The minimum atomic E-state index is -4.72. The molecular weight excluding hydrogens is 359 g/mol. The monoisotopic (exact) mass is 379 g/mol. The smallest absolute Gasteiger partial charge is 0.406 e. The SMILES string of the molecule is O=C(Cc1ccc(OC(F)(F)F)cc1)NC1CCN(c2ccccn2)CC1. The molecular formula is C19H20F3N3O2. The van der Waals surface area contributed by atoms with Crippen molar-refractivity contribution in [2.75, 3.05) is 18.0 Å². The lowest BCUT2D eigenvalue weighted by Gasteiger charge is -2.33. The first-order valence-corrected chi connectivity index (χ1v) is 8.69. The summed E-state index contributed by atoms with van der Waals surface area (Å²) >= 11 is 0. The van der Waals surface area contributed by atoms with Gasteiger partial charge in [0.05, 0.1) is 6.42 Å². The van der Waals surface area contributed by atoms with Crippen molar-refractivity contribution in [3.63, 3.8) is 0 Å². The van der Waals surface area contributed by atoms with Crippen molar-refractivity contribution in [1.82, 2.24) is 10.3 Å². The average molecular weight is 379 g/mol. The van der Waals surface area contributed by atoms with Crippen LogP contribution in [0.4, 0.5) is 19.0 Å². The third-order valence-electron chi connectivity index (χ3n) is 4.35. The summed E-state index contributed by atoms with van der Waals surface area (Å²) in [5.41, 5.74) is 0.632. The Kier molecular flexibility index (Phi) is 5.83. The summed E-state index contributed by atoms with van der Waals surface area (Å²) in [5, 5.41) is 2.99. The Morgan fingerprint density at radius 3 is 2.44 bits per heavy atom. The normalized spacial score (nSPS) is 15.4. The molecule has 1 aliphatic rings. The van der Waals surface area contributed by atoms with Gasteiger partial charge in [-0.05, 0) is 42.7 Å². The number of aromatic nitrogens is 1. The topological polar surface area (TPSA) is 54.5 Å². The van der Waals surface area contributed by atoms with E-state index in [4.69, 9.17) is 0 Å². The number of carbonyl (C=O) groups is 1. The third kappa shape index (κ3) is 5.87. The Hall–Kier alpha value is -2.77. The second-order valence-electron chi connectivity index (χ2n) is 6.39. The highest BCUT2D eigenvalue weighted by molar-refractivity contribution is 5.78. The zero-order valence-corrected chi connectivity index (χ0v) is 14.6. The summed E-state index contributed by atoms with van der Waals surface area (Å²) < 4.78 is 40.3. The van der Waals surface area contributed by atoms with Gasteiger partial charge in [0, 0.05) is 25.3 Å². The highest BCUT2D eigenvalue weighted by Gasteiger charge is 2.31. The molecule has 2 heterocycles. The number of hydrogen-bond donors (Lipinski definition) is 1. The van der Waals surface area contributed by atoms with E-state index in [1.54, 1.807) is 6.20 Å². The van der Waals surface area contributed by atoms with Crippen molar-refractivity contribution in [2.24, 2.45) is 0 Å². The van der Waals surface area contributed by atoms with Gasteiger partial charge in [-0.1, -0.05) is 18.2 Å². The van der Waals surface area contributed by atoms with Crippen LogP contribution in [0.3, 0.4) is 0 Å². The van der Waals surface area contributed by atoms with Crippen LogP contribution in [0.2, 0.25) is 0 Å². The van der Waals surface area contributed by atoms with Crippen LogP contribution in [0.25, 0.3) is 0 Å². The number of benzene rings is 1. The zero-order chi connectivity index (χ0) is 19.3. The highest BCUT2D eigenvalue weighted by Crippen LogP contribution is 2.23. The number of nitrogens with zero attached hydrogens (tertiary/aromatic N) is 2. The molecule has 0 spiro atoms. The van der Waals surface area contributed by atoms with Crippen molar-refractivity contribution >= 4 is 11.7 Å². The van der Waals surface area contributed by atoms with E-state index in [0.717, 1.165) is 31.7 Å². The van der Waals surface area contributed by atoms with E-state index >= 15 is 0 Å². The molecule has 1 N–H and O–H groups in total. The molecule has 1 fully saturated rings. The standard InChI is InChI=1S/C19H20F3N3O2/c20-19(21,22)27-16-6-4-14(5-7-16)13-18(26)24-15-8-11-25(12-9-15)17-3-1-2-10-23-17/h1-7,10,15H,8-9,11-13H2,(H,24,26). The Balaban J connectivity index is 1.45. The van der Waals surface area contributed by atoms with E-state index in [2.05, 4.69) is 19.9 Å². The van der Waals surface area contributed by atoms with Crippen molar-refractivity contribution in [3.8, 4) is 5.75 Å². The predicted octanol–water partition coefficient (Wildman–Crippen LogP) is 3.31. The fourth-order valence-corrected chi connectivity index (χ4v) is 3.07. The number of halogens is 3. The molecule has 0 bridgehead atoms. The van der Waals surface area contributed by atoms with E-state index in [1.165, 1.54) is 24.3 Å². The summed E-state index contributed by atoms with van der Waals surface area (Å²) in [4.78, 5) is 18.7. The number of nitrogens with one attached hydrogen (secondary N) is 1. The van der Waals surface area contributed by atoms with Crippen LogP contribution < -0.4 is 15.0 Å². The molecule has 1 aromatic carbocycles. The molecule has 2 aromatic rings. The van der Waals surface area contributed by atoms with Crippen molar-refractivity contribution in [3.05, 3.63) is 54.2 Å². The predicted molar refractivity (Wildman–Crippen MR) is 94.4 cm³/mol. The van der Waals surface area contributed by atoms with Crippen molar-refractivity contribution < 1.29 is 22.7 Å². The highest BCUT2D eigenvalue weighted by atomic mass is 19.4. The maximum Gasteiger partial charge on any atom is 0.573 e. The number of carbonyl (C=O) groups excluding carboxylic acids is 1. The van der Waals surface area contributed by atoms with Crippen LogP contribution in [-0.4, -0.2) is 36.4 Å². The Bertz CT molecular complexity index is 743. The van der Waals surface area contributed by atoms with E-state index in [9.17, 15) is 18.0 Å². The number of piperidine rings is 1. The molecule has 5 nitrogen and oxygen atoms in total. The van der Waals surface area contributed by atoms with Gasteiger partial charge in [-0.2, -0.15) is 0 Å². The van der Waals surface area contributed by atoms with E-state index < -0.39 is 6.36 Å². The maximum absolute atomic E-state index is 12.2. The number of pyridine rings is 1. The van der Waals surface area contributed by atoms with Gasteiger partial charge in [-0.15, -0.1) is 13.2 Å². The molecule has 1 amide bonds. The van der Waals surface area contributed by atoms with E-state index in [1.807, 2.05) is 18.2 Å². The lowest BCUT2D eigenvalue weighted by molar-refractivity contribution is -0.274. The van der Waals surface area contributed by atoms with E-state index in [0.29, 0.717) is 5.56 Å². The lowest BCUT2D eigenvalue weighted by atomic mass is 10.0. The summed E-state index contributed by atoms with van der Waals surface area (Å²) in [6.07, 6.45) is -1.20. The van der Waals surface area contributed by atoms with Gasteiger partial charge in [0.1, 0.15) is 11.6 Å². The molecule has 0 atom stereocenters. The van der Waals surface area contributed by atoms with Crippen molar-refractivity contribution in [2.45, 2.75) is 31.7 Å². The fourth-order valence-electron chi connectivity index (χ4n) is 3.07. The molecule has 1 saturated heterocycles. The quantitative estimate of drug-likeness (QED) is 0.866. The van der Waals surface area contributed by atoms with Crippen molar-refractivity contribution in [1.29, 1.82) is 0 Å². The lowest BCUT2D eigenvalue weighted by Crippen LogP contribution is -2.45. The van der Waals surface area contributed by atoms with Gasteiger partial charge < -0.3 is 15.0 Å². The molecule has 0 saturated carbocycles. The van der Waals surface area contributed by atoms with Crippen LogP contribution in [-0.2, 0) is 11.2 Å². The Labute approximate surface area is 155 Å². The van der Waals surface area contributed by atoms with Crippen LogP contribution in [0.5, 0.6) is 5.75 Å². The van der Waals surface area contributed by atoms with Gasteiger partial charge in [0.15, 0.2) is 0 Å². The average Bonchev–Trinajstić information content (AvgIpc) is 2.63. The Morgan fingerprint density at radius 1 is 1.15 bits per heavy atom. The van der Waals surface area contributed by atoms with Crippen LogP contribution >= 0.6 is 0 Å². The molecule has 27 heavy (non-hydrogen) atoms. The number of hydrogen-bond acceptors (Lipinski definition) is 4. The number of amides is 1. The zero-order valence-electron chi connectivity index (χ0n) is 14.6. The van der Waals surface area contributed by atoms with Gasteiger partial charge in [-0.3, -0.25) is 4.79 Å². The van der Waals surface area contributed by atoms with Gasteiger partial charge >= 0.3 is 6.36 Å². The largest absolute Gasteiger partial charge is 0.573 e. The molecule has 1 aliphatic heterocycles. The Morgan fingerprint density at radius 2 is 1.85 bits per heavy atom. The van der Waals surface area contributed by atoms with Gasteiger partial charge in [0.2, 0.25) is 5.91 Å². The minimum Gasteiger partial charge on any atom is -0.406 e. The summed E-state index contributed by atoms with van der Waals surface area (Å²) in [6.45, 7) is 1.62. The maximum atomic E-state index is 12.2. The fraction of sp³-hybridized carbons (Fsp3) is 0.368. The molecule has 0 radical (unpaired) electrons. The van der Waals surface area contributed by atoms with Crippen LogP contribution in [0.1, 0.15) is 18.4 Å². The van der Waals surface area contributed by atoms with Gasteiger partial charge in [-0.25, -0.2) is 4.98 Å². The molecule has 1 aromatic heterocycles. The molecule has 144 valence electrons.